The molecule has 3 aromatic heterocycles. The van der Waals surface area contributed by atoms with Gasteiger partial charge in [-0.3, -0.25) is 0 Å². The van der Waals surface area contributed by atoms with Crippen LogP contribution in [0.25, 0.3) is 17.3 Å². The number of allylic oxidation sites excluding steroid dienone is 2. The Kier molecular flexibility index (Phi) is 3.97. The van der Waals surface area contributed by atoms with Crippen molar-refractivity contribution in [2.24, 2.45) is 7.05 Å². The number of rotatable bonds is 4. The molecule has 1 aliphatic heterocycles. The Bertz CT molecular complexity index is 1100. The van der Waals surface area contributed by atoms with Gasteiger partial charge in [-0.1, -0.05) is 17.7 Å². The maximum Gasteiger partial charge on any atom is 0.278 e. The summed E-state index contributed by atoms with van der Waals surface area (Å²) in [5.41, 5.74) is 9.21. The second-order valence-corrected chi connectivity index (χ2v) is 7.68. The molecule has 0 saturated heterocycles. The predicted molar refractivity (Wildman–Crippen MR) is 107 cm³/mol. The van der Waals surface area contributed by atoms with Gasteiger partial charge in [0.25, 0.3) is 5.89 Å². The molecule has 3 aromatic rings. The lowest BCUT2D eigenvalue weighted by molar-refractivity contribution is 0.254. The van der Waals surface area contributed by atoms with Crippen molar-refractivity contribution in [3.05, 3.63) is 54.0 Å². The molecule has 1 fully saturated rings. The summed E-state index contributed by atoms with van der Waals surface area (Å²) in [5.74, 6) is 1.46. The number of aryl methyl sites for hydroxylation is 1. The fourth-order valence-electron chi connectivity index (χ4n) is 4.12. The number of nitrogens with zero attached hydrogens (tertiary/aromatic N) is 6. The smallest absolute Gasteiger partial charge is 0.278 e. The first-order valence-electron chi connectivity index (χ1n) is 9.64. The standard InChI is InChI=1S/C20H22N8O/c1-12-14(4-5-15(25-12)13-8-22-19(21)23-9-13)20(6-3-7-20)18-26-17(29-27-18)16-10-28(2)11-24-16/h4-5,8-12,25H,3,6-7H2,1-2H3,(H2,21,22,23). The Balaban J connectivity index is 1.48. The molecule has 0 radical (unpaired) electrons. The number of nitrogens with two attached hydrogens (primary N) is 1. The molecule has 148 valence electrons. The van der Waals surface area contributed by atoms with Crippen molar-refractivity contribution in [3.8, 4) is 11.6 Å². The summed E-state index contributed by atoms with van der Waals surface area (Å²) in [4.78, 5) is 17.2. The Labute approximate surface area is 167 Å². The first-order chi connectivity index (χ1) is 14.0. The molecular weight excluding hydrogens is 368 g/mol. The largest absolute Gasteiger partial charge is 0.378 e. The summed E-state index contributed by atoms with van der Waals surface area (Å²) in [7, 11) is 1.91. The number of anilines is 1. The van der Waals surface area contributed by atoms with Crippen molar-refractivity contribution in [1.29, 1.82) is 0 Å². The van der Waals surface area contributed by atoms with Crippen LogP contribution in [-0.4, -0.2) is 35.7 Å². The summed E-state index contributed by atoms with van der Waals surface area (Å²) < 4.78 is 7.41. The van der Waals surface area contributed by atoms with E-state index in [2.05, 4.69) is 44.5 Å². The molecule has 4 heterocycles. The van der Waals surface area contributed by atoms with Crippen LogP contribution in [0, 0.1) is 0 Å². The lowest BCUT2D eigenvalue weighted by Gasteiger charge is -2.44. The molecule has 9 nitrogen and oxygen atoms in total. The van der Waals surface area contributed by atoms with E-state index in [1.54, 1.807) is 18.7 Å². The summed E-state index contributed by atoms with van der Waals surface area (Å²) in [6.45, 7) is 2.15. The average Bonchev–Trinajstić information content (AvgIpc) is 3.32. The van der Waals surface area contributed by atoms with E-state index in [1.807, 2.05) is 17.8 Å². The summed E-state index contributed by atoms with van der Waals surface area (Å²) >= 11 is 0. The highest BCUT2D eigenvalue weighted by molar-refractivity contribution is 5.68. The van der Waals surface area contributed by atoms with Crippen LogP contribution in [0.4, 0.5) is 5.95 Å². The molecule has 2 aliphatic rings. The summed E-state index contributed by atoms with van der Waals surface area (Å²) in [6.07, 6.45) is 14.4. The Morgan fingerprint density at radius 1 is 1.21 bits per heavy atom. The molecule has 0 spiro atoms. The van der Waals surface area contributed by atoms with E-state index in [1.165, 1.54) is 5.57 Å². The van der Waals surface area contributed by atoms with E-state index < -0.39 is 0 Å². The first-order valence-corrected chi connectivity index (χ1v) is 9.64. The third-order valence-electron chi connectivity index (χ3n) is 5.79. The van der Waals surface area contributed by atoms with Gasteiger partial charge < -0.3 is 20.1 Å². The Morgan fingerprint density at radius 2 is 2.00 bits per heavy atom. The minimum Gasteiger partial charge on any atom is -0.378 e. The number of imidazole rings is 1. The maximum absolute atomic E-state index is 5.60. The van der Waals surface area contributed by atoms with Crippen molar-refractivity contribution in [2.45, 2.75) is 37.6 Å². The number of nitrogens with one attached hydrogen (secondary N) is 1. The number of nitrogen functional groups attached to an aromatic ring is 1. The van der Waals surface area contributed by atoms with Gasteiger partial charge in [-0.25, -0.2) is 15.0 Å². The minimum atomic E-state index is -0.206. The number of aromatic nitrogens is 6. The van der Waals surface area contributed by atoms with Crippen molar-refractivity contribution < 1.29 is 4.52 Å². The number of hydrogen-bond donors (Lipinski definition) is 2. The third kappa shape index (κ3) is 2.89. The number of hydrogen-bond acceptors (Lipinski definition) is 8. The Morgan fingerprint density at radius 3 is 2.62 bits per heavy atom. The molecule has 1 saturated carbocycles. The normalized spacial score (nSPS) is 20.4. The highest BCUT2D eigenvalue weighted by atomic mass is 16.5. The molecule has 5 rings (SSSR count). The van der Waals surface area contributed by atoms with E-state index in [9.17, 15) is 0 Å². The second kappa shape index (κ2) is 6.54. The lowest BCUT2D eigenvalue weighted by atomic mass is 9.61. The van der Waals surface area contributed by atoms with Gasteiger partial charge in [0.2, 0.25) is 5.95 Å². The molecule has 1 atom stereocenters. The topological polar surface area (TPSA) is 121 Å². The second-order valence-electron chi connectivity index (χ2n) is 7.68. The van der Waals surface area contributed by atoms with Crippen LogP contribution < -0.4 is 11.1 Å². The van der Waals surface area contributed by atoms with Crippen LogP contribution in [0.2, 0.25) is 0 Å². The molecular formula is C20H22N8O. The van der Waals surface area contributed by atoms with Crippen LogP contribution >= 0.6 is 0 Å². The molecule has 3 N–H and O–H groups in total. The first kappa shape index (κ1) is 17.6. The average molecular weight is 390 g/mol. The van der Waals surface area contributed by atoms with Crippen LogP contribution in [-0.2, 0) is 12.5 Å². The van der Waals surface area contributed by atoms with Crippen LogP contribution in [0.15, 0.2) is 47.2 Å². The zero-order valence-corrected chi connectivity index (χ0v) is 16.3. The van der Waals surface area contributed by atoms with E-state index >= 15 is 0 Å². The molecule has 0 bridgehead atoms. The molecule has 1 unspecified atom stereocenters. The molecule has 0 amide bonds. The molecule has 29 heavy (non-hydrogen) atoms. The monoisotopic (exact) mass is 390 g/mol. The van der Waals surface area contributed by atoms with Gasteiger partial charge in [0.15, 0.2) is 5.82 Å². The Hall–Kier alpha value is -3.49. The van der Waals surface area contributed by atoms with Gasteiger partial charge >= 0.3 is 0 Å². The van der Waals surface area contributed by atoms with E-state index in [4.69, 9.17) is 15.2 Å². The fraction of sp³-hybridized carbons (Fsp3) is 0.350. The van der Waals surface area contributed by atoms with Gasteiger partial charge in [0.1, 0.15) is 5.69 Å². The molecule has 1 aliphatic carbocycles. The zero-order chi connectivity index (χ0) is 20.0. The zero-order valence-electron chi connectivity index (χ0n) is 16.3. The van der Waals surface area contributed by atoms with Gasteiger partial charge in [0, 0.05) is 42.9 Å². The quantitative estimate of drug-likeness (QED) is 0.696. The van der Waals surface area contributed by atoms with Crippen LogP contribution in [0.3, 0.4) is 0 Å². The van der Waals surface area contributed by atoms with Gasteiger partial charge in [0.05, 0.1) is 11.7 Å². The number of dihydropyridines is 1. The van der Waals surface area contributed by atoms with Crippen molar-refractivity contribution >= 4 is 11.6 Å². The van der Waals surface area contributed by atoms with E-state index in [-0.39, 0.29) is 17.4 Å². The van der Waals surface area contributed by atoms with Crippen molar-refractivity contribution in [3.63, 3.8) is 0 Å². The van der Waals surface area contributed by atoms with Crippen molar-refractivity contribution in [2.75, 3.05) is 5.73 Å². The predicted octanol–water partition coefficient (Wildman–Crippen LogP) is 2.22. The summed E-state index contributed by atoms with van der Waals surface area (Å²) in [6, 6.07) is 0.115. The van der Waals surface area contributed by atoms with E-state index in [0.717, 1.165) is 36.3 Å². The lowest BCUT2D eigenvalue weighted by Crippen LogP contribution is -2.45. The third-order valence-corrected chi connectivity index (χ3v) is 5.79. The van der Waals surface area contributed by atoms with Crippen molar-refractivity contribution in [1.82, 2.24) is 35.0 Å². The van der Waals surface area contributed by atoms with Gasteiger partial charge in [-0.15, -0.1) is 0 Å². The van der Waals surface area contributed by atoms with Crippen LogP contribution in [0.5, 0.6) is 0 Å². The van der Waals surface area contributed by atoms with E-state index in [0.29, 0.717) is 11.6 Å². The molecule has 9 heteroatoms. The summed E-state index contributed by atoms with van der Waals surface area (Å²) in [5, 5.41) is 7.89. The van der Waals surface area contributed by atoms with Gasteiger partial charge in [-0.2, -0.15) is 4.98 Å². The fourth-order valence-corrected chi connectivity index (χ4v) is 4.12. The van der Waals surface area contributed by atoms with Crippen LogP contribution in [0.1, 0.15) is 37.6 Å². The minimum absolute atomic E-state index is 0.115. The highest BCUT2D eigenvalue weighted by Crippen LogP contribution is 2.50. The highest BCUT2D eigenvalue weighted by Gasteiger charge is 2.48. The maximum atomic E-state index is 5.60. The SMILES string of the molecule is CC1NC(c2cnc(N)nc2)=CC=C1C1(c2noc(-c3cn(C)cn3)n2)CCC1. The van der Waals surface area contributed by atoms with Gasteiger partial charge in [-0.05, 0) is 31.4 Å². The molecule has 0 aromatic carbocycles.